The Bertz CT molecular complexity index is 920. The topological polar surface area (TPSA) is 56.1 Å². The molecule has 1 heterocycles. The fraction of sp³-hybridized carbons (Fsp3) is 0.200. The van der Waals surface area contributed by atoms with Crippen LogP contribution >= 0.6 is 0 Å². The van der Waals surface area contributed by atoms with Crippen molar-refractivity contribution in [3.05, 3.63) is 71.8 Å². The largest absolute Gasteiger partial charge is 0.491 e. The van der Waals surface area contributed by atoms with E-state index in [-0.39, 0.29) is 17.5 Å². The molecule has 0 fully saturated rings. The van der Waals surface area contributed by atoms with Gasteiger partial charge in [0.05, 0.1) is 17.5 Å². The molecule has 0 saturated heterocycles. The molecule has 0 saturated carbocycles. The number of carbonyl (C=O) groups is 1. The van der Waals surface area contributed by atoms with E-state index in [1.165, 1.54) is 12.1 Å². The highest BCUT2D eigenvalue weighted by molar-refractivity contribution is 6.03. The van der Waals surface area contributed by atoms with Crippen LogP contribution in [-0.2, 0) is 0 Å². The fourth-order valence-electron chi connectivity index (χ4n) is 2.55. The third kappa shape index (κ3) is 3.91. The monoisotopic (exact) mass is 353 g/mol. The molecule has 3 rings (SSSR count). The number of halogens is 1. The van der Waals surface area contributed by atoms with Crippen molar-refractivity contribution in [2.24, 2.45) is 0 Å². The quantitative estimate of drug-likeness (QED) is 0.741. The third-order valence-corrected chi connectivity index (χ3v) is 3.68. The number of amides is 1. The lowest BCUT2D eigenvalue weighted by molar-refractivity contribution is 0.102. The minimum absolute atomic E-state index is 0.0558. The molecule has 0 spiro atoms. The van der Waals surface area contributed by atoms with Crippen molar-refractivity contribution < 1.29 is 13.9 Å². The van der Waals surface area contributed by atoms with Crippen LogP contribution in [0.4, 0.5) is 10.1 Å². The third-order valence-electron chi connectivity index (χ3n) is 3.68. The molecule has 2 aromatic carbocycles. The van der Waals surface area contributed by atoms with Gasteiger partial charge in [-0.3, -0.25) is 4.79 Å². The van der Waals surface area contributed by atoms with Crippen LogP contribution in [-0.4, -0.2) is 21.8 Å². The summed E-state index contributed by atoms with van der Waals surface area (Å²) in [4.78, 5) is 12.4. The molecule has 1 aromatic heterocycles. The highest BCUT2D eigenvalue weighted by Gasteiger charge is 2.15. The van der Waals surface area contributed by atoms with E-state index in [0.717, 1.165) is 11.4 Å². The summed E-state index contributed by atoms with van der Waals surface area (Å²) in [6.45, 7) is 5.58. The van der Waals surface area contributed by atoms with Gasteiger partial charge in [0.2, 0.25) is 0 Å². The average molecular weight is 353 g/mol. The molecule has 1 N–H and O–H groups in total. The second-order valence-electron chi connectivity index (χ2n) is 6.18. The summed E-state index contributed by atoms with van der Waals surface area (Å²) in [6.07, 6.45) is -0.0558. The van der Waals surface area contributed by atoms with Gasteiger partial charge in [-0.2, -0.15) is 5.10 Å². The number of ether oxygens (including phenoxy) is 1. The molecule has 3 aromatic rings. The molecule has 134 valence electrons. The van der Waals surface area contributed by atoms with Crippen molar-refractivity contribution in [2.45, 2.75) is 26.9 Å². The maximum absolute atomic E-state index is 14.2. The molecular weight excluding hydrogens is 333 g/mol. The molecule has 0 unspecified atom stereocenters. The number of rotatable bonds is 5. The van der Waals surface area contributed by atoms with Crippen molar-refractivity contribution in [2.75, 3.05) is 5.32 Å². The average Bonchev–Trinajstić information content (AvgIpc) is 2.99. The Labute approximate surface area is 151 Å². The van der Waals surface area contributed by atoms with Gasteiger partial charge in [-0.15, -0.1) is 0 Å². The van der Waals surface area contributed by atoms with Crippen molar-refractivity contribution in [3.63, 3.8) is 0 Å². The van der Waals surface area contributed by atoms with Crippen LogP contribution in [0.15, 0.2) is 54.6 Å². The predicted molar refractivity (Wildman–Crippen MR) is 98.4 cm³/mol. The molecule has 0 bridgehead atoms. The van der Waals surface area contributed by atoms with Crippen molar-refractivity contribution in [1.29, 1.82) is 0 Å². The van der Waals surface area contributed by atoms with Gasteiger partial charge in [-0.05, 0) is 51.1 Å². The molecule has 26 heavy (non-hydrogen) atoms. The van der Waals surface area contributed by atoms with Crippen LogP contribution in [0, 0.1) is 12.7 Å². The summed E-state index contributed by atoms with van der Waals surface area (Å²) in [5, 5.41) is 6.87. The SMILES string of the molecule is Cc1cc(C(=O)Nc2ccc(OC(C)C)cc2F)nn1-c1ccccc1. The maximum Gasteiger partial charge on any atom is 0.276 e. The summed E-state index contributed by atoms with van der Waals surface area (Å²) in [7, 11) is 0. The minimum atomic E-state index is -0.560. The van der Waals surface area contributed by atoms with E-state index >= 15 is 0 Å². The van der Waals surface area contributed by atoms with Gasteiger partial charge in [-0.25, -0.2) is 9.07 Å². The normalized spacial score (nSPS) is 10.8. The number of carbonyl (C=O) groups excluding carboxylic acids is 1. The first-order chi connectivity index (χ1) is 12.4. The Kier molecular flexibility index (Phi) is 5.02. The molecule has 0 aliphatic carbocycles. The number of anilines is 1. The molecule has 5 nitrogen and oxygen atoms in total. The van der Waals surface area contributed by atoms with Gasteiger partial charge in [0.15, 0.2) is 5.69 Å². The number of hydrogen-bond donors (Lipinski definition) is 1. The minimum Gasteiger partial charge on any atom is -0.491 e. The van der Waals surface area contributed by atoms with E-state index in [2.05, 4.69) is 10.4 Å². The smallest absolute Gasteiger partial charge is 0.276 e. The van der Waals surface area contributed by atoms with Crippen molar-refractivity contribution in [1.82, 2.24) is 9.78 Å². The number of aryl methyl sites for hydroxylation is 1. The van der Waals surface area contributed by atoms with Gasteiger partial charge >= 0.3 is 0 Å². The van der Waals surface area contributed by atoms with Crippen molar-refractivity contribution in [3.8, 4) is 11.4 Å². The van der Waals surface area contributed by atoms with Gasteiger partial charge in [0.1, 0.15) is 11.6 Å². The van der Waals surface area contributed by atoms with E-state index in [1.54, 1.807) is 16.8 Å². The number of hydrogen-bond acceptors (Lipinski definition) is 3. The maximum atomic E-state index is 14.2. The first-order valence-electron chi connectivity index (χ1n) is 8.33. The summed E-state index contributed by atoms with van der Waals surface area (Å²) in [6, 6.07) is 15.5. The summed E-state index contributed by atoms with van der Waals surface area (Å²) in [5.74, 6) is -0.616. The van der Waals surface area contributed by atoms with E-state index in [0.29, 0.717) is 5.75 Å². The lowest BCUT2D eigenvalue weighted by atomic mass is 10.2. The van der Waals surface area contributed by atoms with E-state index in [9.17, 15) is 9.18 Å². The van der Waals surface area contributed by atoms with Crippen LogP contribution < -0.4 is 10.1 Å². The highest BCUT2D eigenvalue weighted by atomic mass is 19.1. The zero-order valence-electron chi connectivity index (χ0n) is 14.9. The van der Waals surface area contributed by atoms with E-state index < -0.39 is 11.7 Å². The second-order valence-corrected chi connectivity index (χ2v) is 6.18. The summed E-state index contributed by atoms with van der Waals surface area (Å²) < 4.78 is 21.3. The Balaban J connectivity index is 1.79. The lowest BCUT2D eigenvalue weighted by Gasteiger charge is -2.11. The fourth-order valence-corrected chi connectivity index (χ4v) is 2.55. The molecule has 0 aliphatic heterocycles. The van der Waals surface area contributed by atoms with Crippen LogP contribution in [0.1, 0.15) is 30.0 Å². The van der Waals surface area contributed by atoms with Crippen LogP contribution in [0.2, 0.25) is 0 Å². The van der Waals surface area contributed by atoms with E-state index in [1.807, 2.05) is 51.1 Å². The van der Waals surface area contributed by atoms with Crippen molar-refractivity contribution >= 4 is 11.6 Å². The summed E-state index contributed by atoms with van der Waals surface area (Å²) >= 11 is 0. The number of para-hydroxylation sites is 1. The van der Waals surface area contributed by atoms with Crippen LogP contribution in [0.5, 0.6) is 5.75 Å². The van der Waals surface area contributed by atoms with Gasteiger partial charge in [-0.1, -0.05) is 18.2 Å². The molecule has 0 aliphatic rings. The summed E-state index contributed by atoms with van der Waals surface area (Å²) in [5.41, 5.74) is 1.96. The van der Waals surface area contributed by atoms with Gasteiger partial charge < -0.3 is 10.1 Å². The number of benzene rings is 2. The van der Waals surface area contributed by atoms with E-state index in [4.69, 9.17) is 4.74 Å². The Hall–Kier alpha value is -3.15. The van der Waals surface area contributed by atoms with Gasteiger partial charge in [0.25, 0.3) is 5.91 Å². The zero-order chi connectivity index (χ0) is 18.7. The standard InChI is InChI=1S/C20H20FN3O2/c1-13(2)26-16-9-10-18(17(21)12-16)22-20(25)19-11-14(3)24(23-19)15-7-5-4-6-8-15/h4-13H,1-3H3,(H,22,25). The zero-order valence-corrected chi connectivity index (χ0v) is 14.9. The molecular formula is C20H20FN3O2. The lowest BCUT2D eigenvalue weighted by Crippen LogP contribution is -2.14. The Morgan fingerprint density at radius 2 is 1.88 bits per heavy atom. The molecule has 0 atom stereocenters. The molecule has 6 heteroatoms. The molecule has 1 amide bonds. The number of nitrogens with zero attached hydrogens (tertiary/aromatic N) is 2. The highest BCUT2D eigenvalue weighted by Crippen LogP contribution is 2.22. The predicted octanol–water partition coefficient (Wildman–Crippen LogP) is 4.36. The Morgan fingerprint density at radius 1 is 1.15 bits per heavy atom. The number of aromatic nitrogens is 2. The second kappa shape index (κ2) is 7.39. The van der Waals surface area contributed by atoms with Crippen LogP contribution in [0.3, 0.4) is 0 Å². The Morgan fingerprint density at radius 3 is 2.54 bits per heavy atom. The first kappa shape index (κ1) is 17.7. The number of nitrogens with one attached hydrogen (secondary N) is 1. The van der Waals surface area contributed by atoms with Gasteiger partial charge in [0, 0.05) is 11.8 Å². The van der Waals surface area contributed by atoms with Crippen LogP contribution in [0.25, 0.3) is 5.69 Å². The molecule has 0 radical (unpaired) electrons. The first-order valence-corrected chi connectivity index (χ1v) is 8.33.